The lowest BCUT2D eigenvalue weighted by Crippen LogP contribution is -2.32. The summed E-state index contributed by atoms with van der Waals surface area (Å²) < 4.78 is 38.9. The highest BCUT2D eigenvalue weighted by atomic mass is 32.2. The number of thiazole rings is 1. The van der Waals surface area contributed by atoms with E-state index in [-0.39, 0.29) is 16.5 Å². The summed E-state index contributed by atoms with van der Waals surface area (Å²) in [7, 11) is -0.536. The van der Waals surface area contributed by atoms with Crippen molar-refractivity contribution in [1.82, 2.24) is 9.71 Å². The molecule has 0 spiro atoms. The Morgan fingerprint density at radius 1 is 1.09 bits per heavy atom. The highest BCUT2D eigenvalue weighted by molar-refractivity contribution is 7.89. The molecule has 4 rings (SSSR count). The van der Waals surface area contributed by atoms with Gasteiger partial charge in [0.15, 0.2) is 5.13 Å². The molecule has 0 radical (unpaired) electrons. The van der Waals surface area contributed by atoms with Crippen molar-refractivity contribution in [2.24, 2.45) is 0 Å². The van der Waals surface area contributed by atoms with Crippen molar-refractivity contribution in [2.45, 2.75) is 36.6 Å². The van der Waals surface area contributed by atoms with Gasteiger partial charge < -0.3 is 9.47 Å². The summed E-state index contributed by atoms with van der Waals surface area (Å²) in [6.07, 6.45) is 3.72. The van der Waals surface area contributed by atoms with Crippen LogP contribution in [0.1, 0.15) is 36.0 Å². The fourth-order valence-corrected chi connectivity index (χ4v) is 5.83. The summed E-state index contributed by atoms with van der Waals surface area (Å²) in [4.78, 5) is 17.4. The average Bonchev–Trinajstić information content (AvgIpc) is 3.50. The number of hydrogen-bond acceptors (Lipinski definition) is 7. The number of nitrogens with one attached hydrogen (secondary N) is 2. The first-order chi connectivity index (χ1) is 15.9. The molecule has 8 nitrogen and oxygen atoms in total. The van der Waals surface area contributed by atoms with E-state index >= 15 is 0 Å². The Morgan fingerprint density at radius 3 is 2.61 bits per heavy atom. The van der Waals surface area contributed by atoms with E-state index in [4.69, 9.17) is 9.47 Å². The SMILES string of the molecule is COc1ccc(OC)c(-c2csc(NC(=O)c3cccc(S(=O)(=O)NC4CCCC4)c3)n2)c1. The van der Waals surface area contributed by atoms with Crippen LogP contribution in [0.5, 0.6) is 11.5 Å². The van der Waals surface area contributed by atoms with Crippen molar-refractivity contribution in [3.8, 4) is 22.8 Å². The third-order valence-corrected chi connectivity index (χ3v) is 7.77. The van der Waals surface area contributed by atoms with E-state index in [2.05, 4.69) is 15.0 Å². The molecule has 2 aromatic carbocycles. The van der Waals surface area contributed by atoms with Gasteiger partial charge in [0.25, 0.3) is 5.91 Å². The van der Waals surface area contributed by atoms with Crippen LogP contribution in [0.3, 0.4) is 0 Å². The van der Waals surface area contributed by atoms with Gasteiger partial charge >= 0.3 is 0 Å². The molecule has 33 heavy (non-hydrogen) atoms. The van der Waals surface area contributed by atoms with Crippen molar-refractivity contribution in [2.75, 3.05) is 19.5 Å². The van der Waals surface area contributed by atoms with Gasteiger partial charge in [0.05, 0.1) is 24.8 Å². The number of ether oxygens (including phenoxy) is 2. The standard InChI is InChI=1S/C23H25N3O5S2/c1-30-17-10-11-21(31-2)19(13-17)20-14-32-23(24-20)25-22(27)15-6-5-9-18(12-15)33(28,29)26-16-7-3-4-8-16/h5-6,9-14,16,26H,3-4,7-8H2,1-2H3,(H,24,25,27). The minimum absolute atomic E-state index is 0.0465. The van der Waals surface area contributed by atoms with Crippen molar-refractivity contribution in [3.05, 3.63) is 53.4 Å². The van der Waals surface area contributed by atoms with Crippen molar-refractivity contribution < 1.29 is 22.7 Å². The number of carbonyl (C=O) groups is 1. The van der Waals surface area contributed by atoms with Crippen LogP contribution in [0.4, 0.5) is 5.13 Å². The molecule has 1 amide bonds. The summed E-state index contributed by atoms with van der Waals surface area (Å²) in [6.45, 7) is 0. The van der Waals surface area contributed by atoms with Gasteiger partial charge in [-0.25, -0.2) is 18.1 Å². The monoisotopic (exact) mass is 487 g/mol. The van der Waals surface area contributed by atoms with Gasteiger partial charge in [0.2, 0.25) is 10.0 Å². The second kappa shape index (κ2) is 9.90. The molecule has 1 aliphatic carbocycles. The maximum Gasteiger partial charge on any atom is 0.257 e. The van der Waals surface area contributed by atoms with E-state index in [0.717, 1.165) is 31.2 Å². The Bertz CT molecular complexity index is 1250. The highest BCUT2D eigenvalue weighted by Crippen LogP contribution is 2.35. The summed E-state index contributed by atoms with van der Waals surface area (Å²) in [6, 6.07) is 11.4. The molecular formula is C23H25N3O5S2. The van der Waals surface area contributed by atoms with Crippen LogP contribution in [0.15, 0.2) is 52.7 Å². The van der Waals surface area contributed by atoms with Crippen LogP contribution in [-0.4, -0.2) is 39.6 Å². The molecule has 0 aliphatic heterocycles. The van der Waals surface area contributed by atoms with Gasteiger partial charge in [-0.2, -0.15) is 0 Å². The minimum atomic E-state index is -3.69. The quantitative estimate of drug-likeness (QED) is 0.491. The molecule has 10 heteroatoms. The zero-order valence-electron chi connectivity index (χ0n) is 18.3. The number of rotatable bonds is 8. The molecule has 0 unspecified atom stereocenters. The number of amides is 1. The van der Waals surface area contributed by atoms with Gasteiger partial charge in [0, 0.05) is 22.5 Å². The lowest BCUT2D eigenvalue weighted by Gasteiger charge is -2.13. The molecule has 2 N–H and O–H groups in total. The molecule has 1 fully saturated rings. The second-order valence-corrected chi connectivity index (χ2v) is 10.3. The van der Waals surface area contributed by atoms with Gasteiger partial charge in [0.1, 0.15) is 11.5 Å². The molecule has 1 heterocycles. The molecule has 0 saturated heterocycles. The fourth-order valence-electron chi connectivity index (χ4n) is 3.77. The smallest absolute Gasteiger partial charge is 0.257 e. The van der Waals surface area contributed by atoms with Gasteiger partial charge in [-0.15, -0.1) is 11.3 Å². The Balaban J connectivity index is 1.51. The predicted molar refractivity (Wildman–Crippen MR) is 128 cm³/mol. The van der Waals surface area contributed by atoms with E-state index in [0.29, 0.717) is 22.3 Å². The third-order valence-electron chi connectivity index (χ3n) is 5.49. The highest BCUT2D eigenvalue weighted by Gasteiger charge is 2.23. The molecule has 1 saturated carbocycles. The molecule has 3 aromatic rings. The van der Waals surface area contributed by atoms with Crippen LogP contribution in [0.25, 0.3) is 11.3 Å². The average molecular weight is 488 g/mol. The van der Waals surface area contributed by atoms with Crippen LogP contribution in [0.2, 0.25) is 0 Å². The Hall–Kier alpha value is -2.95. The van der Waals surface area contributed by atoms with E-state index in [9.17, 15) is 13.2 Å². The van der Waals surface area contributed by atoms with Crippen LogP contribution in [0, 0.1) is 0 Å². The molecule has 0 bridgehead atoms. The number of benzene rings is 2. The van der Waals surface area contributed by atoms with Crippen LogP contribution < -0.4 is 19.5 Å². The molecule has 0 atom stereocenters. The van der Waals surface area contributed by atoms with E-state index < -0.39 is 15.9 Å². The maximum absolute atomic E-state index is 12.8. The summed E-state index contributed by atoms with van der Waals surface area (Å²) in [5.41, 5.74) is 1.60. The largest absolute Gasteiger partial charge is 0.497 e. The number of methoxy groups -OCH3 is 2. The molecule has 174 valence electrons. The summed E-state index contributed by atoms with van der Waals surface area (Å²) >= 11 is 1.26. The van der Waals surface area contributed by atoms with Gasteiger partial charge in [-0.1, -0.05) is 18.9 Å². The Kier molecular flexibility index (Phi) is 6.96. The van der Waals surface area contributed by atoms with Crippen molar-refractivity contribution >= 4 is 32.4 Å². The van der Waals surface area contributed by atoms with Crippen molar-refractivity contribution in [3.63, 3.8) is 0 Å². The predicted octanol–water partition coefficient (Wildman–Crippen LogP) is 4.30. The first kappa shape index (κ1) is 23.2. The van der Waals surface area contributed by atoms with Gasteiger partial charge in [-0.05, 0) is 49.2 Å². The zero-order chi connectivity index (χ0) is 23.4. The summed E-state index contributed by atoms with van der Waals surface area (Å²) in [5.74, 6) is 0.853. The zero-order valence-corrected chi connectivity index (χ0v) is 20.0. The topological polar surface area (TPSA) is 107 Å². The lowest BCUT2D eigenvalue weighted by molar-refractivity contribution is 0.102. The first-order valence-corrected chi connectivity index (χ1v) is 12.9. The molecular weight excluding hydrogens is 462 g/mol. The first-order valence-electron chi connectivity index (χ1n) is 10.5. The number of hydrogen-bond donors (Lipinski definition) is 2. The molecule has 1 aromatic heterocycles. The third kappa shape index (κ3) is 5.35. The number of aromatic nitrogens is 1. The number of sulfonamides is 1. The van der Waals surface area contributed by atoms with E-state index in [1.165, 1.54) is 23.5 Å². The second-order valence-electron chi connectivity index (χ2n) is 7.69. The number of nitrogens with zero attached hydrogens (tertiary/aromatic N) is 1. The number of carbonyl (C=O) groups excluding carboxylic acids is 1. The van der Waals surface area contributed by atoms with Gasteiger partial charge in [-0.3, -0.25) is 10.1 Å². The lowest BCUT2D eigenvalue weighted by atomic mass is 10.1. The van der Waals surface area contributed by atoms with E-state index in [1.807, 2.05) is 6.07 Å². The maximum atomic E-state index is 12.8. The fraction of sp³-hybridized carbons (Fsp3) is 0.304. The Labute approximate surface area is 197 Å². The number of anilines is 1. The minimum Gasteiger partial charge on any atom is -0.497 e. The normalized spacial score (nSPS) is 14.2. The Morgan fingerprint density at radius 2 is 1.88 bits per heavy atom. The van der Waals surface area contributed by atoms with Crippen LogP contribution in [-0.2, 0) is 10.0 Å². The molecule has 1 aliphatic rings. The van der Waals surface area contributed by atoms with E-state index in [1.54, 1.807) is 43.9 Å². The van der Waals surface area contributed by atoms with Crippen molar-refractivity contribution in [1.29, 1.82) is 0 Å². The summed E-state index contributed by atoms with van der Waals surface area (Å²) in [5, 5.41) is 4.94. The van der Waals surface area contributed by atoms with Crippen LogP contribution >= 0.6 is 11.3 Å².